The molecule has 1 amide bonds. The molecule has 5 heteroatoms. The number of ether oxygens (including phenoxy) is 1. The Balaban J connectivity index is 1.62. The maximum atomic E-state index is 12.9. The molecule has 1 aliphatic heterocycles. The first-order valence-corrected chi connectivity index (χ1v) is 9.91. The zero-order chi connectivity index (χ0) is 20.3. The van der Waals surface area contributed by atoms with Crippen LogP contribution in [0.1, 0.15) is 23.6 Å². The third-order valence-electron chi connectivity index (χ3n) is 5.59. The number of para-hydroxylation sites is 2. The topological polar surface area (TPSA) is 44.8 Å². The third kappa shape index (κ3) is 4.30. The molecule has 5 nitrogen and oxygen atoms in total. The molecule has 1 saturated heterocycles. The van der Waals surface area contributed by atoms with Crippen LogP contribution in [0.25, 0.3) is 0 Å². The van der Waals surface area contributed by atoms with Gasteiger partial charge in [-0.25, -0.2) is 0 Å². The second kappa shape index (κ2) is 8.65. The van der Waals surface area contributed by atoms with Crippen LogP contribution >= 0.6 is 0 Å². The van der Waals surface area contributed by atoms with E-state index in [9.17, 15) is 4.79 Å². The zero-order valence-corrected chi connectivity index (χ0v) is 17.6. The summed E-state index contributed by atoms with van der Waals surface area (Å²) in [4.78, 5) is 17.4. The highest BCUT2D eigenvalue weighted by atomic mass is 16.5. The molecule has 1 N–H and O–H groups in total. The van der Waals surface area contributed by atoms with Crippen LogP contribution in [0.15, 0.2) is 36.4 Å². The van der Waals surface area contributed by atoms with Crippen LogP contribution in [0.4, 0.5) is 11.4 Å². The summed E-state index contributed by atoms with van der Waals surface area (Å²) in [6.45, 7) is 11.6. The lowest BCUT2D eigenvalue weighted by molar-refractivity contribution is -0.120. The minimum absolute atomic E-state index is 0.0563. The zero-order valence-electron chi connectivity index (χ0n) is 17.6. The molecule has 0 unspecified atom stereocenters. The Morgan fingerprint density at radius 3 is 2.25 bits per heavy atom. The molecule has 1 fully saturated rings. The van der Waals surface area contributed by atoms with E-state index in [1.165, 1.54) is 5.56 Å². The number of hydrogen-bond donors (Lipinski definition) is 1. The number of carbonyl (C=O) groups excluding carboxylic acids is 1. The van der Waals surface area contributed by atoms with Crippen molar-refractivity contribution in [1.82, 2.24) is 4.90 Å². The van der Waals surface area contributed by atoms with Crippen molar-refractivity contribution in [2.75, 3.05) is 43.5 Å². The Hall–Kier alpha value is -2.53. The van der Waals surface area contributed by atoms with Crippen LogP contribution < -0.4 is 15.0 Å². The maximum Gasteiger partial charge on any atom is 0.241 e. The summed E-state index contributed by atoms with van der Waals surface area (Å²) in [5.74, 6) is 0.952. The molecule has 2 aromatic carbocycles. The van der Waals surface area contributed by atoms with Gasteiger partial charge in [-0.15, -0.1) is 0 Å². The van der Waals surface area contributed by atoms with Gasteiger partial charge in [0.05, 0.1) is 18.8 Å². The number of amides is 1. The summed E-state index contributed by atoms with van der Waals surface area (Å²) in [6.07, 6.45) is 0. The lowest BCUT2D eigenvalue weighted by atomic mass is 10.0. The molecule has 1 aliphatic rings. The maximum absolute atomic E-state index is 12.9. The Labute approximate surface area is 168 Å². The van der Waals surface area contributed by atoms with Crippen molar-refractivity contribution in [2.24, 2.45) is 0 Å². The van der Waals surface area contributed by atoms with Gasteiger partial charge in [0.1, 0.15) is 5.75 Å². The van der Waals surface area contributed by atoms with Crippen molar-refractivity contribution in [2.45, 2.75) is 33.7 Å². The van der Waals surface area contributed by atoms with Crippen LogP contribution in [0.5, 0.6) is 5.75 Å². The van der Waals surface area contributed by atoms with Gasteiger partial charge in [0, 0.05) is 31.9 Å². The average molecular weight is 382 g/mol. The first-order chi connectivity index (χ1) is 13.4. The lowest BCUT2D eigenvalue weighted by Crippen LogP contribution is -2.53. The Morgan fingerprint density at radius 2 is 1.64 bits per heavy atom. The molecule has 0 bridgehead atoms. The van der Waals surface area contributed by atoms with E-state index in [0.717, 1.165) is 54.4 Å². The molecule has 2 aromatic rings. The number of benzene rings is 2. The van der Waals surface area contributed by atoms with Gasteiger partial charge in [0.25, 0.3) is 0 Å². The minimum atomic E-state index is -0.167. The molecule has 0 aliphatic carbocycles. The second-order valence-corrected chi connectivity index (χ2v) is 7.63. The molecule has 0 saturated carbocycles. The largest absolute Gasteiger partial charge is 0.495 e. The molecule has 28 heavy (non-hydrogen) atoms. The van der Waals surface area contributed by atoms with Crippen LogP contribution in [-0.4, -0.2) is 50.1 Å². The number of aryl methyl sites for hydroxylation is 3. The van der Waals surface area contributed by atoms with Crippen molar-refractivity contribution >= 4 is 17.3 Å². The molecule has 0 spiro atoms. The van der Waals surface area contributed by atoms with Crippen molar-refractivity contribution < 1.29 is 9.53 Å². The Morgan fingerprint density at radius 1 is 1.04 bits per heavy atom. The lowest BCUT2D eigenvalue weighted by Gasteiger charge is -2.39. The fourth-order valence-corrected chi connectivity index (χ4v) is 4.01. The Kier molecular flexibility index (Phi) is 6.25. The quantitative estimate of drug-likeness (QED) is 0.856. The normalized spacial score (nSPS) is 16.0. The first kappa shape index (κ1) is 20.2. The van der Waals surface area contributed by atoms with Crippen molar-refractivity contribution in [3.8, 4) is 5.75 Å². The van der Waals surface area contributed by atoms with Gasteiger partial charge >= 0.3 is 0 Å². The van der Waals surface area contributed by atoms with Gasteiger partial charge < -0.3 is 15.0 Å². The SMILES string of the molecule is COc1ccccc1N1CCN([C@H](C)C(=O)Nc2c(C)cc(C)cc2C)CC1. The van der Waals surface area contributed by atoms with Crippen molar-refractivity contribution in [3.05, 3.63) is 53.1 Å². The number of hydrogen-bond acceptors (Lipinski definition) is 4. The number of methoxy groups -OCH3 is 1. The van der Waals surface area contributed by atoms with Crippen LogP contribution in [0, 0.1) is 20.8 Å². The summed E-state index contributed by atoms with van der Waals surface area (Å²) >= 11 is 0. The van der Waals surface area contributed by atoms with Crippen LogP contribution in [0.3, 0.4) is 0 Å². The average Bonchev–Trinajstić information content (AvgIpc) is 2.70. The molecule has 150 valence electrons. The number of nitrogens with one attached hydrogen (secondary N) is 1. The van der Waals surface area contributed by atoms with E-state index in [0.29, 0.717) is 0 Å². The van der Waals surface area contributed by atoms with Gasteiger partial charge in [0.2, 0.25) is 5.91 Å². The van der Waals surface area contributed by atoms with E-state index in [1.54, 1.807) is 7.11 Å². The van der Waals surface area contributed by atoms with Gasteiger partial charge in [-0.3, -0.25) is 9.69 Å². The molecule has 0 radical (unpaired) electrons. The number of anilines is 2. The molecule has 0 aromatic heterocycles. The first-order valence-electron chi connectivity index (χ1n) is 9.91. The van der Waals surface area contributed by atoms with Crippen LogP contribution in [0.2, 0.25) is 0 Å². The third-order valence-corrected chi connectivity index (χ3v) is 5.59. The minimum Gasteiger partial charge on any atom is -0.495 e. The molecular formula is C23H31N3O2. The number of rotatable bonds is 5. The van der Waals surface area contributed by atoms with Crippen molar-refractivity contribution in [1.29, 1.82) is 0 Å². The molecule has 3 rings (SSSR count). The molecular weight excluding hydrogens is 350 g/mol. The van der Waals surface area contributed by atoms with Crippen molar-refractivity contribution in [3.63, 3.8) is 0 Å². The number of nitrogens with zero attached hydrogens (tertiary/aromatic N) is 2. The van der Waals surface area contributed by atoms with E-state index < -0.39 is 0 Å². The highest BCUT2D eigenvalue weighted by Crippen LogP contribution is 2.29. The standard InChI is InChI=1S/C23H31N3O2/c1-16-14-17(2)22(18(3)15-16)24-23(27)19(4)25-10-12-26(13-11-25)20-8-6-7-9-21(20)28-5/h6-9,14-15,19H,10-13H2,1-5H3,(H,24,27)/t19-/m1/s1. The molecule has 1 atom stereocenters. The van der Waals surface area contributed by atoms with E-state index in [1.807, 2.05) is 39.0 Å². The van der Waals surface area contributed by atoms with E-state index in [-0.39, 0.29) is 11.9 Å². The number of piperazine rings is 1. The van der Waals surface area contributed by atoms with E-state index in [2.05, 4.69) is 40.2 Å². The fourth-order valence-electron chi connectivity index (χ4n) is 4.01. The van der Waals surface area contributed by atoms with E-state index >= 15 is 0 Å². The molecule has 1 heterocycles. The van der Waals surface area contributed by atoms with Gasteiger partial charge in [-0.2, -0.15) is 0 Å². The summed E-state index contributed by atoms with van der Waals surface area (Å²) in [6, 6.07) is 12.2. The van der Waals surface area contributed by atoms with Gasteiger partial charge in [-0.05, 0) is 51.0 Å². The predicted octanol–water partition coefficient (Wildman–Crippen LogP) is 3.77. The predicted molar refractivity (Wildman–Crippen MR) is 116 cm³/mol. The van der Waals surface area contributed by atoms with Gasteiger partial charge in [0.15, 0.2) is 0 Å². The summed E-state index contributed by atoms with van der Waals surface area (Å²) in [5, 5.41) is 3.15. The highest BCUT2D eigenvalue weighted by Gasteiger charge is 2.27. The summed E-state index contributed by atoms with van der Waals surface area (Å²) in [5.41, 5.74) is 5.49. The van der Waals surface area contributed by atoms with Crippen LogP contribution in [-0.2, 0) is 4.79 Å². The van der Waals surface area contributed by atoms with E-state index in [4.69, 9.17) is 4.74 Å². The Bertz CT molecular complexity index is 818. The number of carbonyl (C=O) groups is 1. The highest BCUT2D eigenvalue weighted by molar-refractivity contribution is 5.96. The fraction of sp³-hybridized carbons (Fsp3) is 0.435. The van der Waals surface area contributed by atoms with Gasteiger partial charge in [-0.1, -0.05) is 29.8 Å². The summed E-state index contributed by atoms with van der Waals surface area (Å²) < 4.78 is 5.49. The monoisotopic (exact) mass is 381 g/mol. The smallest absolute Gasteiger partial charge is 0.241 e. The summed E-state index contributed by atoms with van der Waals surface area (Å²) in [7, 11) is 1.70. The second-order valence-electron chi connectivity index (χ2n) is 7.63.